The number of hydrogen-bond acceptors (Lipinski definition) is 7. The van der Waals surface area contributed by atoms with Gasteiger partial charge < -0.3 is 19.1 Å². The zero-order valence-electron chi connectivity index (χ0n) is 15.5. The van der Waals surface area contributed by atoms with Gasteiger partial charge in [-0.3, -0.25) is 0 Å². The van der Waals surface area contributed by atoms with Crippen molar-refractivity contribution in [2.24, 2.45) is 0 Å². The van der Waals surface area contributed by atoms with Crippen LogP contribution in [0.2, 0.25) is 0 Å². The third-order valence-electron chi connectivity index (χ3n) is 4.64. The molecule has 142 valence electrons. The van der Waals surface area contributed by atoms with E-state index in [1.165, 1.54) is 14.2 Å². The van der Waals surface area contributed by atoms with E-state index < -0.39 is 11.9 Å². The predicted molar refractivity (Wildman–Crippen MR) is 104 cm³/mol. The first kappa shape index (κ1) is 17.9. The molecule has 0 saturated carbocycles. The summed E-state index contributed by atoms with van der Waals surface area (Å²) < 4.78 is 15.2. The fourth-order valence-corrected chi connectivity index (χ4v) is 3.28. The number of para-hydroxylation sites is 1. The van der Waals surface area contributed by atoms with Crippen LogP contribution in [0.5, 0.6) is 0 Å². The molecule has 2 aromatic carbocycles. The molecule has 1 aliphatic rings. The van der Waals surface area contributed by atoms with Gasteiger partial charge >= 0.3 is 11.9 Å². The highest BCUT2D eigenvalue weighted by atomic mass is 16.5. The third-order valence-corrected chi connectivity index (χ3v) is 4.64. The molecule has 0 amide bonds. The quantitative estimate of drug-likeness (QED) is 0.512. The molecule has 1 aromatic heterocycles. The standard InChI is InChI=1S/C21H18N2O5/c1-26-20(24)16-11-28-12-23(19(16)21(25)27-2)15-7-8-18-14(10-15)9-13-5-3-4-6-17(13)22-18/h3-10H,11-12H2,1-2H3. The SMILES string of the molecule is COC(=O)C1=C(C(=O)OC)N(c2ccc3nc4ccccc4cc3c2)COC1. The Balaban J connectivity index is 1.85. The molecule has 0 aliphatic carbocycles. The largest absolute Gasteiger partial charge is 0.466 e. The molecule has 3 aromatic rings. The molecule has 0 N–H and O–H groups in total. The van der Waals surface area contributed by atoms with Crippen LogP contribution in [0.15, 0.2) is 59.8 Å². The summed E-state index contributed by atoms with van der Waals surface area (Å²) in [4.78, 5) is 30.8. The van der Waals surface area contributed by atoms with Crippen LogP contribution in [0.25, 0.3) is 21.8 Å². The minimum atomic E-state index is -0.626. The number of anilines is 1. The fourth-order valence-electron chi connectivity index (χ4n) is 3.28. The van der Waals surface area contributed by atoms with Gasteiger partial charge in [0, 0.05) is 16.5 Å². The van der Waals surface area contributed by atoms with Crippen molar-refractivity contribution in [3.05, 3.63) is 59.8 Å². The number of pyridine rings is 1. The lowest BCUT2D eigenvalue weighted by Gasteiger charge is -2.31. The van der Waals surface area contributed by atoms with Gasteiger partial charge in [-0.25, -0.2) is 14.6 Å². The number of methoxy groups -OCH3 is 2. The first-order chi connectivity index (χ1) is 13.6. The number of esters is 2. The number of hydrogen-bond donors (Lipinski definition) is 0. The van der Waals surface area contributed by atoms with Gasteiger partial charge in [-0.1, -0.05) is 18.2 Å². The monoisotopic (exact) mass is 378 g/mol. The highest BCUT2D eigenvalue weighted by Crippen LogP contribution is 2.30. The summed E-state index contributed by atoms with van der Waals surface area (Å²) in [5.41, 5.74) is 2.67. The maximum absolute atomic E-state index is 12.4. The molecule has 0 atom stereocenters. The van der Waals surface area contributed by atoms with Gasteiger partial charge in [-0.05, 0) is 30.3 Å². The number of carbonyl (C=O) groups is 2. The van der Waals surface area contributed by atoms with E-state index in [0.717, 1.165) is 21.8 Å². The molecule has 7 nitrogen and oxygen atoms in total. The van der Waals surface area contributed by atoms with E-state index in [1.54, 1.807) is 4.90 Å². The molecule has 0 radical (unpaired) electrons. The molecule has 0 spiro atoms. The minimum absolute atomic E-state index is 0.0205. The number of aromatic nitrogens is 1. The smallest absolute Gasteiger partial charge is 0.355 e. The Hall–Kier alpha value is -3.45. The van der Waals surface area contributed by atoms with Gasteiger partial charge in [0.25, 0.3) is 0 Å². The molecule has 0 bridgehead atoms. The van der Waals surface area contributed by atoms with Gasteiger partial charge in [-0.2, -0.15) is 0 Å². The number of benzene rings is 2. The molecule has 4 rings (SSSR count). The number of rotatable bonds is 3. The van der Waals surface area contributed by atoms with Crippen molar-refractivity contribution < 1.29 is 23.8 Å². The number of nitrogens with zero attached hydrogens (tertiary/aromatic N) is 2. The van der Waals surface area contributed by atoms with E-state index in [1.807, 2.05) is 48.5 Å². The Morgan fingerprint density at radius 1 is 0.964 bits per heavy atom. The van der Waals surface area contributed by atoms with Crippen LogP contribution in [-0.2, 0) is 23.8 Å². The zero-order valence-corrected chi connectivity index (χ0v) is 15.5. The fraction of sp³-hybridized carbons (Fsp3) is 0.190. The van der Waals surface area contributed by atoms with E-state index in [4.69, 9.17) is 14.2 Å². The Bertz CT molecular complexity index is 1120. The Morgan fingerprint density at radius 2 is 1.71 bits per heavy atom. The Morgan fingerprint density at radius 3 is 2.50 bits per heavy atom. The number of ether oxygens (including phenoxy) is 3. The van der Waals surface area contributed by atoms with Crippen LogP contribution >= 0.6 is 0 Å². The van der Waals surface area contributed by atoms with E-state index in [0.29, 0.717) is 5.69 Å². The Kier molecular flexibility index (Phi) is 4.67. The van der Waals surface area contributed by atoms with Crippen LogP contribution in [0, 0.1) is 0 Å². The average Bonchev–Trinajstić information content (AvgIpc) is 2.75. The van der Waals surface area contributed by atoms with Crippen molar-refractivity contribution in [3.63, 3.8) is 0 Å². The highest BCUT2D eigenvalue weighted by Gasteiger charge is 2.32. The molecule has 7 heteroatoms. The van der Waals surface area contributed by atoms with Crippen molar-refractivity contribution in [3.8, 4) is 0 Å². The minimum Gasteiger partial charge on any atom is -0.466 e. The number of carbonyl (C=O) groups excluding carboxylic acids is 2. The molecule has 2 heterocycles. The van der Waals surface area contributed by atoms with E-state index >= 15 is 0 Å². The summed E-state index contributed by atoms with van der Waals surface area (Å²) in [6, 6.07) is 15.5. The van der Waals surface area contributed by atoms with Crippen molar-refractivity contribution in [1.29, 1.82) is 0 Å². The number of fused-ring (bicyclic) bond motifs is 2. The zero-order chi connectivity index (χ0) is 19.7. The molecular formula is C21H18N2O5. The second-order valence-electron chi connectivity index (χ2n) is 6.27. The van der Waals surface area contributed by atoms with E-state index in [-0.39, 0.29) is 24.6 Å². The topological polar surface area (TPSA) is 78.0 Å². The second kappa shape index (κ2) is 7.28. The maximum Gasteiger partial charge on any atom is 0.355 e. The van der Waals surface area contributed by atoms with Crippen LogP contribution in [0.4, 0.5) is 5.69 Å². The summed E-state index contributed by atoms with van der Waals surface area (Å²) in [6.07, 6.45) is 0. The van der Waals surface area contributed by atoms with Crippen molar-refractivity contribution >= 4 is 39.4 Å². The van der Waals surface area contributed by atoms with Crippen LogP contribution < -0.4 is 4.90 Å². The third kappa shape index (κ3) is 3.05. The first-order valence-electron chi connectivity index (χ1n) is 8.67. The molecular weight excluding hydrogens is 360 g/mol. The summed E-state index contributed by atoms with van der Waals surface area (Å²) in [5, 5.41) is 1.92. The highest BCUT2D eigenvalue weighted by molar-refractivity contribution is 6.04. The van der Waals surface area contributed by atoms with Gasteiger partial charge in [-0.15, -0.1) is 0 Å². The van der Waals surface area contributed by atoms with Gasteiger partial charge in [0.1, 0.15) is 12.4 Å². The molecule has 0 saturated heterocycles. The summed E-state index contributed by atoms with van der Waals surface area (Å²) in [5.74, 6) is -1.25. The molecule has 0 unspecified atom stereocenters. The molecule has 1 aliphatic heterocycles. The Labute approximate surface area is 161 Å². The normalized spacial score (nSPS) is 14.4. The lowest BCUT2D eigenvalue weighted by Crippen LogP contribution is -2.38. The second-order valence-corrected chi connectivity index (χ2v) is 6.27. The maximum atomic E-state index is 12.4. The molecule has 0 fully saturated rings. The first-order valence-corrected chi connectivity index (χ1v) is 8.67. The van der Waals surface area contributed by atoms with Crippen LogP contribution in [0.3, 0.4) is 0 Å². The summed E-state index contributed by atoms with van der Waals surface area (Å²) in [6.45, 7) is 0.0881. The van der Waals surface area contributed by atoms with Crippen LogP contribution in [0.1, 0.15) is 0 Å². The van der Waals surface area contributed by atoms with Gasteiger partial charge in [0.05, 0.1) is 37.4 Å². The van der Waals surface area contributed by atoms with Crippen LogP contribution in [-0.4, -0.2) is 44.5 Å². The van der Waals surface area contributed by atoms with E-state index in [9.17, 15) is 9.59 Å². The lowest BCUT2D eigenvalue weighted by atomic mass is 10.1. The summed E-state index contributed by atoms with van der Waals surface area (Å²) >= 11 is 0. The van der Waals surface area contributed by atoms with Crippen molar-refractivity contribution in [1.82, 2.24) is 4.98 Å². The van der Waals surface area contributed by atoms with Crippen molar-refractivity contribution in [2.75, 3.05) is 32.5 Å². The summed E-state index contributed by atoms with van der Waals surface area (Å²) in [7, 11) is 2.53. The van der Waals surface area contributed by atoms with E-state index in [2.05, 4.69) is 4.98 Å². The predicted octanol–water partition coefficient (Wildman–Crippen LogP) is 2.78. The lowest BCUT2D eigenvalue weighted by molar-refractivity contribution is -0.140. The van der Waals surface area contributed by atoms with Crippen molar-refractivity contribution in [2.45, 2.75) is 0 Å². The molecule has 28 heavy (non-hydrogen) atoms. The average molecular weight is 378 g/mol. The van der Waals surface area contributed by atoms with Gasteiger partial charge in [0.2, 0.25) is 0 Å². The van der Waals surface area contributed by atoms with Gasteiger partial charge in [0.15, 0.2) is 0 Å².